The normalized spacial score (nSPS) is 16.0. The van der Waals surface area contributed by atoms with Crippen LogP contribution in [0.2, 0.25) is 0 Å². The molecule has 0 spiro atoms. The van der Waals surface area contributed by atoms with E-state index in [2.05, 4.69) is 36.7 Å². The summed E-state index contributed by atoms with van der Waals surface area (Å²) in [5.41, 5.74) is 2.84. The van der Waals surface area contributed by atoms with Crippen molar-refractivity contribution >= 4 is 56.9 Å². The molecule has 28 heavy (non-hydrogen) atoms. The van der Waals surface area contributed by atoms with Crippen molar-refractivity contribution in [3.63, 3.8) is 0 Å². The zero-order valence-corrected chi connectivity index (χ0v) is 17.5. The molecule has 4 nitrogen and oxygen atoms in total. The van der Waals surface area contributed by atoms with E-state index in [9.17, 15) is 4.79 Å². The maximum atomic E-state index is 13.2. The molecule has 2 heterocycles. The van der Waals surface area contributed by atoms with Crippen LogP contribution in [0.5, 0.6) is 5.75 Å². The number of nitrogens with zero attached hydrogens (tertiary/aromatic N) is 2. The molecule has 4 rings (SSSR count). The van der Waals surface area contributed by atoms with Crippen LogP contribution in [-0.2, 0) is 4.79 Å². The summed E-state index contributed by atoms with van der Waals surface area (Å²) in [5, 5.41) is 1.12. The zero-order valence-electron chi connectivity index (χ0n) is 15.9. The first kappa shape index (κ1) is 18.8. The molecular formula is C22H20N2O2S2. The lowest BCUT2D eigenvalue weighted by Crippen LogP contribution is -2.27. The van der Waals surface area contributed by atoms with E-state index in [4.69, 9.17) is 17.0 Å². The van der Waals surface area contributed by atoms with E-state index in [0.29, 0.717) is 26.7 Å². The minimum absolute atomic E-state index is 0.124. The van der Waals surface area contributed by atoms with Gasteiger partial charge in [0.25, 0.3) is 5.91 Å². The largest absolute Gasteiger partial charge is 0.495 e. The van der Waals surface area contributed by atoms with Gasteiger partial charge in [-0.2, -0.15) is 0 Å². The average Bonchev–Trinajstić information content (AvgIpc) is 3.20. The Hall–Kier alpha value is -2.57. The Labute approximate surface area is 173 Å². The number of carbonyl (C=O) groups excluding carboxylic acids is 1. The van der Waals surface area contributed by atoms with E-state index in [1.807, 2.05) is 42.5 Å². The Morgan fingerprint density at radius 2 is 1.82 bits per heavy atom. The SMILES string of the molecule is COc1ccccc1N1C(=O)/C(=C\c2cn(C(C)C)c3ccccc23)SC1=S. The van der Waals surface area contributed by atoms with Gasteiger partial charge >= 0.3 is 0 Å². The van der Waals surface area contributed by atoms with Gasteiger partial charge in [0.05, 0.1) is 17.7 Å². The van der Waals surface area contributed by atoms with Crippen LogP contribution in [-0.4, -0.2) is 21.9 Å². The van der Waals surface area contributed by atoms with Crippen molar-refractivity contribution in [2.75, 3.05) is 12.0 Å². The third kappa shape index (κ3) is 3.12. The highest BCUT2D eigenvalue weighted by Gasteiger charge is 2.35. The summed E-state index contributed by atoms with van der Waals surface area (Å²) < 4.78 is 8.14. The van der Waals surface area contributed by atoms with Crippen molar-refractivity contribution in [3.05, 3.63) is 65.2 Å². The molecule has 142 valence electrons. The molecule has 0 atom stereocenters. The highest BCUT2D eigenvalue weighted by Crippen LogP contribution is 2.40. The predicted octanol–water partition coefficient (Wildman–Crippen LogP) is 5.64. The van der Waals surface area contributed by atoms with Gasteiger partial charge < -0.3 is 9.30 Å². The third-order valence-electron chi connectivity index (χ3n) is 4.73. The fraction of sp³-hybridized carbons (Fsp3) is 0.182. The van der Waals surface area contributed by atoms with Gasteiger partial charge in [0.2, 0.25) is 0 Å². The van der Waals surface area contributed by atoms with Gasteiger partial charge in [-0.3, -0.25) is 9.69 Å². The number of anilines is 1. The maximum absolute atomic E-state index is 13.2. The molecule has 2 aromatic carbocycles. The minimum atomic E-state index is -0.124. The molecule has 0 aliphatic carbocycles. The van der Waals surface area contributed by atoms with Gasteiger partial charge in [-0.1, -0.05) is 54.3 Å². The number of para-hydroxylation sites is 3. The van der Waals surface area contributed by atoms with Crippen molar-refractivity contribution in [2.24, 2.45) is 0 Å². The van der Waals surface area contributed by atoms with Crippen LogP contribution in [0.1, 0.15) is 25.5 Å². The average molecular weight is 409 g/mol. The second-order valence-corrected chi connectivity index (χ2v) is 8.47. The number of rotatable bonds is 4. The third-order valence-corrected chi connectivity index (χ3v) is 6.04. The number of hydrogen-bond donors (Lipinski definition) is 0. The predicted molar refractivity (Wildman–Crippen MR) is 121 cm³/mol. The number of benzene rings is 2. The number of thiocarbonyl (C=S) groups is 1. The first-order valence-corrected chi connectivity index (χ1v) is 10.2. The summed E-state index contributed by atoms with van der Waals surface area (Å²) >= 11 is 6.83. The number of fused-ring (bicyclic) bond motifs is 1. The Kier molecular flexibility index (Phi) is 5.00. The molecule has 1 aromatic heterocycles. The highest BCUT2D eigenvalue weighted by atomic mass is 32.2. The number of ether oxygens (including phenoxy) is 1. The van der Waals surface area contributed by atoms with E-state index in [1.165, 1.54) is 11.8 Å². The van der Waals surface area contributed by atoms with Gasteiger partial charge in [0.1, 0.15) is 5.75 Å². The molecule has 3 aromatic rings. The Morgan fingerprint density at radius 1 is 1.11 bits per heavy atom. The molecule has 1 saturated heterocycles. The van der Waals surface area contributed by atoms with Crippen LogP contribution in [0.15, 0.2) is 59.6 Å². The second-order valence-electron chi connectivity index (χ2n) is 6.79. The fourth-order valence-electron chi connectivity index (χ4n) is 3.41. The summed E-state index contributed by atoms with van der Waals surface area (Å²) in [7, 11) is 1.59. The number of thioether (sulfide) groups is 1. The standard InChI is InChI=1S/C22H20N2O2S2/c1-14(2)23-13-15(16-8-4-5-9-17(16)23)12-20-21(25)24(22(27)28-20)18-10-6-7-11-19(18)26-3/h4-14H,1-3H3/b20-12+. The molecule has 0 unspecified atom stereocenters. The van der Waals surface area contributed by atoms with Crippen molar-refractivity contribution in [2.45, 2.75) is 19.9 Å². The number of hydrogen-bond acceptors (Lipinski definition) is 4. The second kappa shape index (κ2) is 7.45. The van der Waals surface area contributed by atoms with E-state index in [1.54, 1.807) is 12.0 Å². The lowest BCUT2D eigenvalue weighted by atomic mass is 10.1. The van der Waals surface area contributed by atoms with Gasteiger partial charge in [-0.15, -0.1) is 0 Å². The Balaban J connectivity index is 1.77. The van der Waals surface area contributed by atoms with Gasteiger partial charge in [0.15, 0.2) is 4.32 Å². The van der Waals surface area contributed by atoms with E-state index >= 15 is 0 Å². The molecule has 1 amide bonds. The van der Waals surface area contributed by atoms with E-state index in [-0.39, 0.29) is 5.91 Å². The number of amides is 1. The molecule has 0 saturated carbocycles. The molecule has 0 radical (unpaired) electrons. The lowest BCUT2D eigenvalue weighted by Gasteiger charge is -2.17. The van der Waals surface area contributed by atoms with Crippen molar-refractivity contribution in [1.29, 1.82) is 0 Å². The topological polar surface area (TPSA) is 34.5 Å². The van der Waals surface area contributed by atoms with Crippen molar-refractivity contribution in [3.8, 4) is 5.75 Å². The van der Waals surface area contributed by atoms with Crippen molar-refractivity contribution < 1.29 is 9.53 Å². The number of aromatic nitrogens is 1. The number of methoxy groups -OCH3 is 1. The molecule has 0 bridgehead atoms. The number of carbonyl (C=O) groups is 1. The molecule has 1 fully saturated rings. The summed E-state index contributed by atoms with van der Waals surface area (Å²) in [6.07, 6.45) is 4.04. The molecule has 1 aliphatic rings. The first-order chi connectivity index (χ1) is 13.5. The van der Waals surface area contributed by atoms with Crippen LogP contribution in [0, 0.1) is 0 Å². The monoisotopic (exact) mass is 408 g/mol. The Morgan fingerprint density at radius 3 is 2.57 bits per heavy atom. The van der Waals surface area contributed by atoms with Gasteiger partial charge in [-0.05, 0) is 38.1 Å². The molecule has 1 aliphatic heterocycles. The van der Waals surface area contributed by atoms with Crippen LogP contribution < -0.4 is 9.64 Å². The smallest absolute Gasteiger partial charge is 0.270 e. The van der Waals surface area contributed by atoms with Crippen molar-refractivity contribution in [1.82, 2.24) is 4.57 Å². The lowest BCUT2D eigenvalue weighted by molar-refractivity contribution is -0.113. The molecule has 0 N–H and O–H groups in total. The minimum Gasteiger partial charge on any atom is -0.495 e. The fourth-order valence-corrected chi connectivity index (χ4v) is 4.68. The van der Waals surface area contributed by atoms with E-state index < -0.39 is 0 Å². The highest BCUT2D eigenvalue weighted by molar-refractivity contribution is 8.27. The van der Waals surface area contributed by atoms with Gasteiger partial charge in [0, 0.05) is 28.7 Å². The summed E-state index contributed by atoms with van der Waals surface area (Å²) in [6.45, 7) is 4.30. The quantitative estimate of drug-likeness (QED) is 0.413. The maximum Gasteiger partial charge on any atom is 0.270 e. The van der Waals surface area contributed by atoms with Crippen LogP contribution >= 0.6 is 24.0 Å². The Bertz CT molecular complexity index is 1110. The van der Waals surface area contributed by atoms with Crippen LogP contribution in [0.3, 0.4) is 0 Å². The molecular weight excluding hydrogens is 388 g/mol. The van der Waals surface area contributed by atoms with Crippen LogP contribution in [0.25, 0.3) is 17.0 Å². The summed E-state index contributed by atoms with van der Waals surface area (Å²) in [5.74, 6) is 0.498. The van der Waals surface area contributed by atoms with E-state index in [0.717, 1.165) is 16.5 Å². The molecule has 6 heteroatoms. The van der Waals surface area contributed by atoms with Crippen LogP contribution in [0.4, 0.5) is 5.69 Å². The zero-order chi connectivity index (χ0) is 19.8. The summed E-state index contributed by atoms with van der Waals surface area (Å²) in [6, 6.07) is 16.0. The summed E-state index contributed by atoms with van der Waals surface area (Å²) in [4.78, 5) is 15.3. The first-order valence-electron chi connectivity index (χ1n) is 9.02. The van der Waals surface area contributed by atoms with Gasteiger partial charge in [-0.25, -0.2) is 0 Å².